The van der Waals surface area contributed by atoms with Crippen molar-refractivity contribution in [1.82, 2.24) is 9.88 Å². The Bertz CT molecular complexity index is 990. The van der Waals surface area contributed by atoms with Crippen LogP contribution in [0.25, 0.3) is 0 Å². The maximum absolute atomic E-state index is 12.7. The van der Waals surface area contributed by atoms with E-state index >= 15 is 0 Å². The van der Waals surface area contributed by atoms with E-state index in [2.05, 4.69) is 15.2 Å². The van der Waals surface area contributed by atoms with Gasteiger partial charge in [0.2, 0.25) is 11.8 Å². The molecular formula is C25H31N5O4. The van der Waals surface area contributed by atoms with Crippen LogP contribution in [0.3, 0.4) is 0 Å². The van der Waals surface area contributed by atoms with E-state index in [1.54, 1.807) is 11.1 Å². The van der Waals surface area contributed by atoms with Gasteiger partial charge >= 0.3 is 0 Å². The molecule has 2 aromatic rings. The first kappa shape index (κ1) is 23.5. The molecule has 4 rings (SSSR count). The average Bonchev–Trinajstić information content (AvgIpc) is 2.88. The maximum Gasteiger partial charge on any atom is 0.260 e. The molecule has 1 aromatic carbocycles. The molecule has 0 saturated carbocycles. The van der Waals surface area contributed by atoms with Crippen molar-refractivity contribution in [3.63, 3.8) is 0 Å². The molecule has 34 heavy (non-hydrogen) atoms. The van der Waals surface area contributed by atoms with Gasteiger partial charge in [-0.05, 0) is 49.9 Å². The summed E-state index contributed by atoms with van der Waals surface area (Å²) < 4.78 is 5.54. The van der Waals surface area contributed by atoms with Crippen LogP contribution in [-0.2, 0) is 14.4 Å². The van der Waals surface area contributed by atoms with Gasteiger partial charge in [-0.1, -0.05) is 18.2 Å². The van der Waals surface area contributed by atoms with Crippen LogP contribution < -0.4 is 20.7 Å². The maximum atomic E-state index is 12.7. The van der Waals surface area contributed by atoms with Gasteiger partial charge in [0.1, 0.15) is 11.6 Å². The third-order valence-corrected chi connectivity index (χ3v) is 6.49. The summed E-state index contributed by atoms with van der Waals surface area (Å²) in [7, 11) is 0. The van der Waals surface area contributed by atoms with Gasteiger partial charge in [-0.3, -0.25) is 14.4 Å². The lowest BCUT2D eigenvalue weighted by atomic mass is 9.96. The number of hydrogen-bond acceptors (Lipinski definition) is 6. The topological polar surface area (TPSA) is 118 Å². The second-order valence-electron chi connectivity index (χ2n) is 8.84. The summed E-state index contributed by atoms with van der Waals surface area (Å²) in [6, 6.07) is 12.9. The van der Waals surface area contributed by atoms with Crippen LogP contribution in [0.5, 0.6) is 5.75 Å². The lowest BCUT2D eigenvalue weighted by molar-refractivity contribution is -0.136. The number of pyridine rings is 1. The van der Waals surface area contributed by atoms with Crippen LogP contribution in [0, 0.1) is 11.8 Å². The molecule has 180 valence electrons. The molecule has 2 aliphatic rings. The number of ether oxygens (including phenoxy) is 1. The Balaban J connectivity index is 1.22. The molecule has 3 amide bonds. The van der Waals surface area contributed by atoms with Crippen molar-refractivity contribution in [3.8, 4) is 5.75 Å². The zero-order valence-corrected chi connectivity index (χ0v) is 19.2. The van der Waals surface area contributed by atoms with E-state index in [0.717, 1.165) is 25.2 Å². The number of primary amides is 1. The van der Waals surface area contributed by atoms with E-state index in [-0.39, 0.29) is 36.2 Å². The fourth-order valence-corrected chi connectivity index (χ4v) is 4.45. The minimum absolute atomic E-state index is 0.00387. The molecule has 1 aromatic heterocycles. The molecule has 3 N–H and O–H groups in total. The molecule has 0 radical (unpaired) electrons. The first-order valence-corrected chi connectivity index (χ1v) is 11.8. The highest BCUT2D eigenvalue weighted by Gasteiger charge is 2.28. The van der Waals surface area contributed by atoms with Gasteiger partial charge in [-0.2, -0.15) is 0 Å². The van der Waals surface area contributed by atoms with Crippen LogP contribution in [0.2, 0.25) is 0 Å². The number of nitrogens with one attached hydrogen (secondary N) is 1. The lowest BCUT2D eigenvalue weighted by Gasteiger charge is -2.32. The van der Waals surface area contributed by atoms with Crippen molar-refractivity contribution in [2.24, 2.45) is 17.6 Å². The van der Waals surface area contributed by atoms with Crippen molar-refractivity contribution in [2.45, 2.75) is 25.7 Å². The second-order valence-corrected chi connectivity index (χ2v) is 8.84. The molecule has 2 fully saturated rings. The third kappa shape index (κ3) is 6.03. The molecule has 1 atom stereocenters. The van der Waals surface area contributed by atoms with Crippen molar-refractivity contribution < 1.29 is 19.1 Å². The Morgan fingerprint density at radius 1 is 1.00 bits per heavy atom. The molecule has 0 bridgehead atoms. The molecule has 9 nitrogen and oxygen atoms in total. The van der Waals surface area contributed by atoms with Crippen molar-refractivity contribution >= 4 is 29.2 Å². The summed E-state index contributed by atoms with van der Waals surface area (Å²) in [5.41, 5.74) is 6.09. The number of aromatic nitrogens is 1. The summed E-state index contributed by atoms with van der Waals surface area (Å²) in [5.74, 6) is 0.721. The third-order valence-electron chi connectivity index (χ3n) is 6.49. The number of piperidine rings is 2. The number of likely N-dealkylation sites (tertiary alicyclic amines) is 1. The Morgan fingerprint density at radius 3 is 2.44 bits per heavy atom. The normalized spacial score (nSPS) is 18.9. The van der Waals surface area contributed by atoms with Crippen LogP contribution in [0.1, 0.15) is 25.7 Å². The minimum Gasteiger partial charge on any atom is -0.484 e. The number of amides is 3. The van der Waals surface area contributed by atoms with Crippen LogP contribution in [0.15, 0.2) is 48.7 Å². The van der Waals surface area contributed by atoms with Gasteiger partial charge in [0, 0.05) is 32.1 Å². The highest BCUT2D eigenvalue weighted by Crippen LogP contribution is 2.24. The Hall–Kier alpha value is -3.62. The summed E-state index contributed by atoms with van der Waals surface area (Å²) in [6.07, 6.45) is 4.56. The smallest absolute Gasteiger partial charge is 0.260 e. The van der Waals surface area contributed by atoms with Crippen molar-refractivity contribution in [1.29, 1.82) is 0 Å². The van der Waals surface area contributed by atoms with Crippen LogP contribution in [0.4, 0.5) is 11.5 Å². The van der Waals surface area contributed by atoms with Gasteiger partial charge in [0.05, 0.1) is 17.8 Å². The zero-order chi connectivity index (χ0) is 23.9. The number of benzene rings is 1. The number of nitrogens with zero attached hydrogens (tertiary/aromatic N) is 3. The predicted octanol–water partition coefficient (Wildman–Crippen LogP) is 2.04. The zero-order valence-electron chi connectivity index (χ0n) is 19.2. The quantitative estimate of drug-likeness (QED) is 0.646. The van der Waals surface area contributed by atoms with Gasteiger partial charge in [-0.25, -0.2) is 4.98 Å². The Morgan fingerprint density at radius 2 is 1.76 bits per heavy atom. The fourth-order valence-electron chi connectivity index (χ4n) is 4.45. The highest BCUT2D eigenvalue weighted by atomic mass is 16.5. The average molecular weight is 466 g/mol. The molecule has 3 heterocycles. The molecule has 0 spiro atoms. The molecule has 2 saturated heterocycles. The van der Waals surface area contributed by atoms with E-state index in [1.807, 2.05) is 42.5 Å². The SMILES string of the molecule is NC(=O)C1CCCN(c2ccc(NC(=O)C3CCN(C(=O)COc4ccccc4)CC3)cn2)C1. The lowest BCUT2D eigenvalue weighted by Crippen LogP contribution is -2.43. The number of carbonyl (C=O) groups excluding carboxylic acids is 3. The van der Waals surface area contributed by atoms with Crippen LogP contribution >= 0.6 is 0 Å². The van der Waals surface area contributed by atoms with E-state index in [0.29, 0.717) is 43.9 Å². The summed E-state index contributed by atoms with van der Waals surface area (Å²) in [6.45, 7) is 2.46. The van der Waals surface area contributed by atoms with E-state index in [1.165, 1.54) is 0 Å². The van der Waals surface area contributed by atoms with Gasteiger partial charge in [0.25, 0.3) is 5.91 Å². The number of para-hydroxylation sites is 1. The Kier molecular flexibility index (Phi) is 7.61. The number of hydrogen-bond donors (Lipinski definition) is 2. The van der Waals surface area contributed by atoms with E-state index in [9.17, 15) is 14.4 Å². The first-order chi connectivity index (χ1) is 16.5. The number of anilines is 2. The van der Waals surface area contributed by atoms with Gasteiger partial charge in [0.15, 0.2) is 6.61 Å². The summed E-state index contributed by atoms with van der Waals surface area (Å²) >= 11 is 0. The summed E-state index contributed by atoms with van der Waals surface area (Å²) in [5, 5.41) is 2.94. The largest absolute Gasteiger partial charge is 0.484 e. The monoisotopic (exact) mass is 465 g/mol. The number of rotatable bonds is 7. The molecule has 0 aliphatic carbocycles. The molecule has 2 aliphatic heterocycles. The van der Waals surface area contributed by atoms with Crippen molar-refractivity contribution in [3.05, 3.63) is 48.7 Å². The second kappa shape index (κ2) is 11.0. The van der Waals surface area contributed by atoms with E-state index in [4.69, 9.17) is 10.5 Å². The van der Waals surface area contributed by atoms with Gasteiger partial charge in [-0.15, -0.1) is 0 Å². The van der Waals surface area contributed by atoms with Crippen molar-refractivity contribution in [2.75, 3.05) is 43.0 Å². The first-order valence-electron chi connectivity index (χ1n) is 11.8. The number of nitrogens with two attached hydrogens (primary N) is 1. The van der Waals surface area contributed by atoms with Crippen LogP contribution in [-0.4, -0.2) is 60.4 Å². The minimum atomic E-state index is -0.273. The molecular weight excluding hydrogens is 434 g/mol. The standard InChI is InChI=1S/C25H31N5O4/c26-24(32)19-5-4-12-30(16-19)22-9-8-20(15-27-22)28-25(33)18-10-13-29(14-11-18)23(31)17-34-21-6-2-1-3-7-21/h1-3,6-9,15,18-19H,4-5,10-14,16-17H2,(H2,26,32)(H,28,33). The van der Waals surface area contributed by atoms with E-state index < -0.39 is 0 Å². The Labute approximate surface area is 199 Å². The van der Waals surface area contributed by atoms with Gasteiger partial charge < -0.3 is 25.6 Å². The highest BCUT2D eigenvalue weighted by molar-refractivity contribution is 5.92. The summed E-state index contributed by atoms with van der Waals surface area (Å²) in [4.78, 5) is 44.9. The molecule has 1 unspecified atom stereocenters. The molecule has 9 heteroatoms. The number of carbonyl (C=O) groups is 3. The predicted molar refractivity (Wildman–Crippen MR) is 128 cm³/mol. The fraction of sp³-hybridized carbons (Fsp3) is 0.440.